The number of benzene rings is 2. The number of esters is 1. The molecular formula is C25H22Cl2N2O4S. The summed E-state index contributed by atoms with van der Waals surface area (Å²) in [5.41, 5.74) is 1.96. The Balaban J connectivity index is 1.96. The first-order valence-corrected chi connectivity index (χ1v) is 12.3. The van der Waals surface area contributed by atoms with Gasteiger partial charge in [0.15, 0.2) is 4.80 Å². The molecule has 2 heterocycles. The molecule has 1 atom stereocenters. The number of hydrogen-bond acceptors (Lipinski definition) is 6. The Hall–Kier alpha value is -2.87. The Morgan fingerprint density at radius 1 is 1.12 bits per heavy atom. The summed E-state index contributed by atoms with van der Waals surface area (Å²) in [5, 5.41) is 1.08. The number of rotatable bonds is 6. The highest BCUT2D eigenvalue weighted by molar-refractivity contribution is 7.07. The highest BCUT2D eigenvalue weighted by atomic mass is 35.5. The van der Waals surface area contributed by atoms with Crippen LogP contribution in [0.1, 0.15) is 37.9 Å². The van der Waals surface area contributed by atoms with Gasteiger partial charge in [-0.25, -0.2) is 9.79 Å². The number of thiazole rings is 1. The topological polar surface area (TPSA) is 69.9 Å². The molecule has 0 spiro atoms. The summed E-state index contributed by atoms with van der Waals surface area (Å²) >= 11 is 13.5. The number of hydrogen-bond donors (Lipinski definition) is 0. The number of halogens is 2. The van der Waals surface area contributed by atoms with Gasteiger partial charge in [0.25, 0.3) is 5.56 Å². The van der Waals surface area contributed by atoms with Crippen molar-refractivity contribution in [2.24, 2.45) is 4.99 Å². The first-order valence-electron chi connectivity index (χ1n) is 10.7. The number of carbonyl (C=O) groups excluding carboxylic acids is 1. The third kappa shape index (κ3) is 4.69. The standard InChI is InChI=1S/C25H22Cl2N2O4S/c1-4-32-19-11-10-18(27)12-16(19)13-20-23(30)29-22(15-6-8-17(26)9-7-15)21(24(31)33-5-2)14(3)28-25(29)34-20/h6-13,22H,4-5H2,1-3H3/b20-13-/t22-/m1/s1. The van der Waals surface area contributed by atoms with Gasteiger partial charge in [-0.1, -0.05) is 46.7 Å². The second-order valence-corrected chi connectivity index (χ2v) is 9.35. The predicted molar refractivity (Wildman–Crippen MR) is 134 cm³/mol. The maximum Gasteiger partial charge on any atom is 0.338 e. The van der Waals surface area contributed by atoms with Crippen molar-refractivity contribution in [3.63, 3.8) is 0 Å². The zero-order valence-corrected chi connectivity index (χ0v) is 21.1. The van der Waals surface area contributed by atoms with Crippen LogP contribution in [-0.4, -0.2) is 23.8 Å². The average molecular weight is 517 g/mol. The molecule has 0 aliphatic carbocycles. The third-order valence-electron chi connectivity index (χ3n) is 5.26. The summed E-state index contributed by atoms with van der Waals surface area (Å²) in [6.45, 7) is 6.06. The average Bonchev–Trinajstić information content (AvgIpc) is 3.10. The second kappa shape index (κ2) is 10.2. The van der Waals surface area contributed by atoms with Crippen LogP contribution in [-0.2, 0) is 9.53 Å². The van der Waals surface area contributed by atoms with Crippen molar-refractivity contribution in [1.82, 2.24) is 4.57 Å². The predicted octanol–water partition coefficient (Wildman–Crippen LogP) is 4.50. The molecule has 3 aromatic rings. The molecule has 176 valence electrons. The fourth-order valence-corrected chi connectivity index (χ4v) is 5.16. The minimum atomic E-state index is -0.694. The Bertz CT molecular complexity index is 1460. The van der Waals surface area contributed by atoms with Crippen LogP contribution in [0.4, 0.5) is 0 Å². The van der Waals surface area contributed by atoms with Gasteiger partial charge in [0.1, 0.15) is 5.75 Å². The van der Waals surface area contributed by atoms with E-state index in [9.17, 15) is 9.59 Å². The summed E-state index contributed by atoms with van der Waals surface area (Å²) in [6.07, 6.45) is 1.74. The maximum atomic E-state index is 13.7. The summed E-state index contributed by atoms with van der Waals surface area (Å²) in [4.78, 5) is 31.6. The molecule has 0 radical (unpaired) electrons. The Morgan fingerprint density at radius 3 is 2.50 bits per heavy atom. The van der Waals surface area contributed by atoms with Gasteiger partial charge in [0.2, 0.25) is 0 Å². The van der Waals surface area contributed by atoms with Crippen LogP contribution in [0.25, 0.3) is 6.08 Å². The molecule has 0 bridgehead atoms. The Labute approximate surface area is 210 Å². The third-order valence-corrected chi connectivity index (χ3v) is 6.73. The number of fused-ring (bicyclic) bond motifs is 1. The van der Waals surface area contributed by atoms with Gasteiger partial charge in [-0.05, 0) is 62.7 Å². The number of ether oxygens (including phenoxy) is 2. The second-order valence-electron chi connectivity index (χ2n) is 7.47. The number of aromatic nitrogens is 1. The molecule has 2 aromatic carbocycles. The van der Waals surface area contributed by atoms with Crippen LogP contribution in [0.15, 0.2) is 63.5 Å². The molecule has 34 heavy (non-hydrogen) atoms. The van der Waals surface area contributed by atoms with Gasteiger partial charge in [-0.2, -0.15) is 0 Å². The van der Waals surface area contributed by atoms with Crippen LogP contribution in [0, 0.1) is 0 Å². The van der Waals surface area contributed by atoms with Gasteiger partial charge in [-0.15, -0.1) is 0 Å². The monoisotopic (exact) mass is 516 g/mol. The first kappa shape index (κ1) is 24.3. The van der Waals surface area contributed by atoms with Crippen molar-refractivity contribution in [1.29, 1.82) is 0 Å². The fraction of sp³-hybridized carbons (Fsp3) is 0.240. The molecule has 0 unspecified atom stereocenters. The van der Waals surface area contributed by atoms with E-state index >= 15 is 0 Å². The highest BCUT2D eigenvalue weighted by Crippen LogP contribution is 2.31. The van der Waals surface area contributed by atoms with Crippen LogP contribution in [0.2, 0.25) is 10.0 Å². The van der Waals surface area contributed by atoms with E-state index in [1.165, 1.54) is 15.9 Å². The number of nitrogens with zero attached hydrogens (tertiary/aromatic N) is 2. The lowest BCUT2D eigenvalue weighted by Crippen LogP contribution is -2.39. The van der Waals surface area contributed by atoms with E-state index in [1.807, 2.05) is 6.92 Å². The Morgan fingerprint density at radius 2 is 1.82 bits per heavy atom. The van der Waals surface area contributed by atoms with Crippen LogP contribution in [0.3, 0.4) is 0 Å². The molecule has 1 aliphatic heterocycles. The molecule has 0 fully saturated rings. The number of carbonyl (C=O) groups is 1. The van der Waals surface area contributed by atoms with Crippen molar-refractivity contribution in [3.8, 4) is 5.75 Å². The fourth-order valence-electron chi connectivity index (χ4n) is 3.81. The van der Waals surface area contributed by atoms with Gasteiger partial charge < -0.3 is 9.47 Å². The van der Waals surface area contributed by atoms with Crippen LogP contribution < -0.4 is 19.6 Å². The lowest BCUT2D eigenvalue weighted by Gasteiger charge is -2.24. The molecule has 4 rings (SSSR count). The summed E-state index contributed by atoms with van der Waals surface area (Å²) < 4.78 is 13.0. The maximum absolute atomic E-state index is 13.7. The highest BCUT2D eigenvalue weighted by Gasteiger charge is 2.33. The Kier molecular flexibility index (Phi) is 7.26. The molecule has 6 nitrogen and oxygen atoms in total. The van der Waals surface area contributed by atoms with Gasteiger partial charge in [0.05, 0.1) is 35.1 Å². The van der Waals surface area contributed by atoms with Crippen molar-refractivity contribution in [2.75, 3.05) is 13.2 Å². The summed E-state index contributed by atoms with van der Waals surface area (Å²) in [6, 6.07) is 11.6. The molecule has 9 heteroatoms. The minimum Gasteiger partial charge on any atom is -0.493 e. The summed E-state index contributed by atoms with van der Waals surface area (Å²) in [7, 11) is 0. The SMILES string of the molecule is CCOC(=O)C1=C(C)N=c2s/c(=C\c3cc(Cl)ccc3OCC)c(=O)n2[C@@H]1c1ccc(Cl)cc1. The van der Waals surface area contributed by atoms with Crippen molar-refractivity contribution < 1.29 is 14.3 Å². The van der Waals surface area contributed by atoms with Gasteiger partial charge in [-0.3, -0.25) is 9.36 Å². The largest absolute Gasteiger partial charge is 0.493 e. The minimum absolute atomic E-state index is 0.211. The van der Waals surface area contributed by atoms with Crippen molar-refractivity contribution in [2.45, 2.75) is 26.8 Å². The van der Waals surface area contributed by atoms with E-state index in [2.05, 4.69) is 4.99 Å². The quantitative estimate of drug-likeness (QED) is 0.452. The van der Waals surface area contributed by atoms with E-state index in [0.29, 0.717) is 48.6 Å². The molecule has 0 amide bonds. The van der Waals surface area contributed by atoms with E-state index in [1.54, 1.807) is 62.4 Å². The van der Waals surface area contributed by atoms with E-state index in [-0.39, 0.29) is 12.2 Å². The lowest BCUT2D eigenvalue weighted by atomic mass is 9.96. The normalized spacial score (nSPS) is 15.7. The number of allylic oxidation sites excluding steroid dienone is 1. The van der Waals surface area contributed by atoms with Crippen LogP contribution >= 0.6 is 34.5 Å². The molecular weight excluding hydrogens is 495 g/mol. The molecule has 0 saturated carbocycles. The lowest BCUT2D eigenvalue weighted by molar-refractivity contribution is -0.139. The van der Waals surface area contributed by atoms with Gasteiger partial charge >= 0.3 is 5.97 Å². The molecule has 1 aromatic heterocycles. The molecule has 1 aliphatic rings. The van der Waals surface area contributed by atoms with E-state index < -0.39 is 12.0 Å². The zero-order valence-electron chi connectivity index (χ0n) is 18.8. The van der Waals surface area contributed by atoms with E-state index in [4.69, 9.17) is 32.7 Å². The summed E-state index contributed by atoms with van der Waals surface area (Å²) in [5.74, 6) is 0.113. The van der Waals surface area contributed by atoms with Crippen molar-refractivity contribution in [3.05, 3.63) is 94.6 Å². The molecule has 0 saturated heterocycles. The van der Waals surface area contributed by atoms with Crippen LogP contribution in [0.5, 0.6) is 5.75 Å². The zero-order chi connectivity index (χ0) is 24.4. The smallest absolute Gasteiger partial charge is 0.338 e. The van der Waals surface area contributed by atoms with E-state index in [0.717, 1.165) is 5.56 Å². The first-order chi connectivity index (χ1) is 16.3. The van der Waals surface area contributed by atoms with Crippen molar-refractivity contribution >= 4 is 46.6 Å². The molecule has 0 N–H and O–H groups in total. The van der Waals surface area contributed by atoms with Gasteiger partial charge in [0, 0.05) is 15.6 Å².